The van der Waals surface area contributed by atoms with Crippen LogP contribution in [0.3, 0.4) is 0 Å². The topological polar surface area (TPSA) is 9.23 Å². The van der Waals surface area contributed by atoms with E-state index in [1.54, 1.807) is 0 Å². The molecule has 0 aromatic carbocycles. The lowest BCUT2D eigenvalue weighted by atomic mass is 10.1. The molecule has 148 valence electrons. The predicted octanol–water partition coefficient (Wildman–Crippen LogP) is 3.40. The van der Waals surface area contributed by atoms with Crippen LogP contribution in [0.15, 0.2) is 0 Å². The molecule has 0 aromatic rings. The molecule has 1 unspecified atom stereocenters. The summed E-state index contributed by atoms with van der Waals surface area (Å²) in [5, 5.41) is 0. The molecule has 0 spiro atoms. The maximum atomic E-state index is 5.93. The SMILES string of the molecule is CCCCCCCCCCCC[N+](C)(C)COCC(C)CCC.[Cl-]. The third-order valence-electron chi connectivity index (χ3n) is 4.74. The van der Waals surface area contributed by atoms with Crippen LogP contribution in [0, 0.1) is 5.92 Å². The highest BCUT2D eigenvalue weighted by Crippen LogP contribution is 2.12. The van der Waals surface area contributed by atoms with E-state index >= 15 is 0 Å². The Morgan fingerprint density at radius 3 is 1.75 bits per heavy atom. The van der Waals surface area contributed by atoms with Gasteiger partial charge in [0.15, 0.2) is 6.73 Å². The lowest BCUT2D eigenvalue weighted by molar-refractivity contribution is -0.910. The molecule has 1 atom stereocenters. The van der Waals surface area contributed by atoms with Gasteiger partial charge in [0.1, 0.15) is 0 Å². The van der Waals surface area contributed by atoms with Gasteiger partial charge in [-0.2, -0.15) is 0 Å². The van der Waals surface area contributed by atoms with E-state index in [1.807, 2.05) is 0 Å². The number of rotatable bonds is 17. The van der Waals surface area contributed by atoms with Gasteiger partial charge in [0, 0.05) is 0 Å². The van der Waals surface area contributed by atoms with Crippen LogP contribution in [0.5, 0.6) is 0 Å². The van der Waals surface area contributed by atoms with Gasteiger partial charge in [-0.3, -0.25) is 0 Å². The quantitative estimate of drug-likeness (QED) is 0.218. The first-order valence-corrected chi connectivity index (χ1v) is 10.4. The van der Waals surface area contributed by atoms with E-state index in [-0.39, 0.29) is 12.4 Å². The third kappa shape index (κ3) is 18.5. The summed E-state index contributed by atoms with van der Waals surface area (Å²) < 4.78 is 6.94. The third-order valence-corrected chi connectivity index (χ3v) is 4.74. The van der Waals surface area contributed by atoms with Crippen LogP contribution in [0.25, 0.3) is 0 Å². The number of hydrogen-bond donors (Lipinski definition) is 0. The maximum Gasteiger partial charge on any atom is 0.182 e. The van der Waals surface area contributed by atoms with Crippen LogP contribution >= 0.6 is 0 Å². The van der Waals surface area contributed by atoms with Gasteiger partial charge in [0.25, 0.3) is 0 Å². The van der Waals surface area contributed by atoms with E-state index in [1.165, 1.54) is 83.6 Å². The van der Waals surface area contributed by atoms with Crippen LogP contribution in [-0.4, -0.2) is 38.5 Å². The standard InChI is InChI=1S/C21H46NO.ClH/c1-6-8-9-10-11-12-13-14-15-16-18-22(4,5)20-23-19-21(3)17-7-2;/h21H,6-20H2,1-5H3;1H/q+1;/p-1. The molecule has 0 aromatic heterocycles. The van der Waals surface area contributed by atoms with Gasteiger partial charge in [-0.25, -0.2) is 0 Å². The maximum absolute atomic E-state index is 5.93. The van der Waals surface area contributed by atoms with Gasteiger partial charge in [0.05, 0.1) is 27.2 Å². The van der Waals surface area contributed by atoms with Crippen molar-refractivity contribution in [3.8, 4) is 0 Å². The highest BCUT2D eigenvalue weighted by molar-refractivity contribution is 4.49. The largest absolute Gasteiger partial charge is 1.00 e. The van der Waals surface area contributed by atoms with E-state index in [9.17, 15) is 0 Å². The second-order valence-corrected chi connectivity index (χ2v) is 8.24. The Balaban J connectivity index is 0. The Morgan fingerprint density at radius 2 is 1.25 bits per heavy atom. The Bertz CT molecular complexity index is 246. The van der Waals surface area contributed by atoms with Gasteiger partial charge in [0.2, 0.25) is 0 Å². The van der Waals surface area contributed by atoms with Crippen molar-refractivity contribution in [1.82, 2.24) is 0 Å². The summed E-state index contributed by atoms with van der Waals surface area (Å²) in [7, 11) is 4.61. The molecule has 0 saturated heterocycles. The molecule has 0 aliphatic rings. The summed E-state index contributed by atoms with van der Waals surface area (Å²) >= 11 is 0. The number of nitrogens with zero attached hydrogens (tertiary/aromatic N) is 1. The van der Waals surface area contributed by atoms with Crippen LogP contribution in [0.4, 0.5) is 0 Å². The Kier molecular flexibility index (Phi) is 19.8. The van der Waals surface area contributed by atoms with E-state index in [0.717, 1.165) is 17.8 Å². The van der Waals surface area contributed by atoms with E-state index in [4.69, 9.17) is 4.74 Å². The molecule has 0 N–H and O–H groups in total. The molecule has 0 bridgehead atoms. The molecule has 0 amide bonds. The van der Waals surface area contributed by atoms with Crippen molar-refractivity contribution >= 4 is 0 Å². The monoisotopic (exact) mass is 363 g/mol. The number of hydrogen-bond acceptors (Lipinski definition) is 1. The second-order valence-electron chi connectivity index (χ2n) is 8.24. The lowest BCUT2D eigenvalue weighted by Gasteiger charge is -2.29. The van der Waals surface area contributed by atoms with Crippen LogP contribution in [-0.2, 0) is 4.74 Å². The summed E-state index contributed by atoms with van der Waals surface area (Å²) in [4.78, 5) is 0. The lowest BCUT2D eigenvalue weighted by Crippen LogP contribution is -3.00. The summed E-state index contributed by atoms with van der Waals surface area (Å²) in [6.07, 6.45) is 16.7. The molecule has 3 heteroatoms. The Hall–Kier alpha value is 0.210. The molecule has 0 aliphatic carbocycles. The van der Waals surface area contributed by atoms with Crippen molar-refractivity contribution < 1.29 is 21.6 Å². The molecule has 0 saturated carbocycles. The van der Waals surface area contributed by atoms with Crippen molar-refractivity contribution in [2.24, 2.45) is 5.92 Å². The van der Waals surface area contributed by atoms with Crippen LogP contribution in [0.1, 0.15) is 97.8 Å². The van der Waals surface area contributed by atoms with Gasteiger partial charge in [-0.1, -0.05) is 78.6 Å². The van der Waals surface area contributed by atoms with E-state index in [2.05, 4.69) is 34.9 Å². The molecule has 0 fully saturated rings. The minimum absolute atomic E-state index is 0. The minimum atomic E-state index is 0. The molecule has 0 heterocycles. The Labute approximate surface area is 159 Å². The smallest absolute Gasteiger partial charge is 0.182 e. The molecular weight excluding hydrogens is 318 g/mol. The number of halogens is 1. The molecular formula is C21H46ClNO. The van der Waals surface area contributed by atoms with Crippen molar-refractivity contribution in [2.75, 3.05) is 34.0 Å². The Morgan fingerprint density at radius 1 is 0.750 bits per heavy atom. The molecule has 0 rings (SSSR count). The van der Waals surface area contributed by atoms with Crippen molar-refractivity contribution in [2.45, 2.75) is 97.8 Å². The molecule has 24 heavy (non-hydrogen) atoms. The zero-order valence-electron chi connectivity index (χ0n) is 17.4. The number of unbranched alkanes of at least 4 members (excludes halogenated alkanes) is 9. The van der Waals surface area contributed by atoms with E-state index < -0.39 is 0 Å². The van der Waals surface area contributed by atoms with Crippen molar-refractivity contribution in [1.29, 1.82) is 0 Å². The fourth-order valence-corrected chi connectivity index (χ4v) is 3.17. The van der Waals surface area contributed by atoms with Crippen molar-refractivity contribution in [3.05, 3.63) is 0 Å². The van der Waals surface area contributed by atoms with Crippen LogP contribution < -0.4 is 12.4 Å². The van der Waals surface area contributed by atoms with E-state index in [0.29, 0.717) is 5.92 Å². The molecule has 0 aliphatic heterocycles. The normalized spacial score (nSPS) is 12.9. The van der Waals surface area contributed by atoms with Gasteiger partial charge in [-0.05, 0) is 25.2 Å². The first-order valence-electron chi connectivity index (χ1n) is 10.4. The fraction of sp³-hybridized carbons (Fsp3) is 1.00. The zero-order valence-corrected chi connectivity index (χ0v) is 18.2. The minimum Gasteiger partial charge on any atom is -1.00 e. The average Bonchev–Trinajstić information content (AvgIpc) is 2.49. The average molecular weight is 364 g/mol. The van der Waals surface area contributed by atoms with Gasteiger partial charge in [-0.15, -0.1) is 0 Å². The summed E-state index contributed by atoms with van der Waals surface area (Å²) in [5.74, 6) is 0.706. The number of quaternary nitrogens is 1. The van der Waals surface area contributed by atoms with Gasteiger partial charge >= 0.3 is 0 Å². The highest BCUT2D eigenvalue weighted by Gasteiger charge is 2.15. The summed E-state index contributed by atoms with van der Waals surface area (Å²) in [6, 6.07) is 0. The fourth-order valence-electron chi connectivity index (χ4n) is 3.17. The summed E-state index contributed by atoms with van der Waals surface area (Å²) in [6.45, 7) is 9.88. The van der Waals surface area contributed by atoms with Crippen LogP contribution in [0.2, 0.25) is 0 Å². The van der Waals surface area contributed by atoms with Crippen molar-refractivity contribution in [3.63, 3.8) is 0 Å². The summed E-state index contributed by atoms with van der Waals surface area (Å²) in [5.41, 5.74) is 0. The molecule has 0 radical (unpaired) electrons. The predicted molar refractivity (Wildman–Crippen MR) is 104 cm³/mol. The highest BCUT2D eigenvalue weighted by atomic mass is 35.5. The first kappa shape index (κ1) is 26.4. The first-order chi connectivity index (χ1) is 11.0. The number of ether oxygens (including phenoxy) is 1. The van der Waals surface area contributed by atoms with Gasteiger partial charge < -0.3 is 21.6 Å². The zero-order chi connectivity index (χ0) is 17.4. The molecule has 2 nitrogen and oxygen atoms in total. The second kappa shape index (κ2) is 18.0.